The molecule has 0 saturated heterocycles. The zero-order valence-corrected chi connectivity index (χ0v) is 12.0. The predicted octanol–water partition coefficient (Wildman–Crippen LogP) is 2.95. The van der Waals surface area contributed by atoms with Gasteiger partial charge in [-0.1, -0.05) is 22.0 Å². The molecule has 0 aliphatic heterocycles. The lowest BCUT2D eigenvalue weighted by molar-refractivity contribution is 0.601. The van der Waals surface area contributed by atoms with E-state index in [0.29, 0.717) is 10.2 Å². The number of nitrogens with one attached hydrogen (secondary N) is 1. The summed E-state index contributed by atoms with van der Waals surface area (Å²) in [6.07, 6.45) is 3.14. The van der Waals surface area contributed by atoms with Gasteiger partial charge >= 0.3 is 0 Å². The number of benzene rings is 1. The number of anilines is 1. The van der Waals surface area contributed by atoms with Gasteiger partial charge in [0.2, 0.25) is 0 Å². The van der Waals surface area contributed by atoms with Crippen LogP contribution in [-0.4, -0.2) is 13.4 Å². The lowest BCUT2D eigenvalue weighted by Gasteiger charge is -2.08. The molecule has 0 aliphatic rings. The maximum atomic E-state index is 12.1. The summed E-state index contributed by atoms with van der Waals surface area (Å²) in [5, 5.41) is 0. The van der Waals surface area contributed by atoms with Gasteiger partial charge in [-0.15, -0.1) is 0 Å². The maximum absolute atomic E-state index is 12.1. The summed E-state index contributed by atoms with van der Waals surface area (Å²) in [7, 11) is -3.57. The Hall–Kier alpha value is -1.40. The van der Waals surface area contributed by atoms with E-state index < -0.39 is 10.0 Å². The van der Waals surface area contributed by atoms with Crippen molar-refractivity contribution in [3.05, 3.63) is 52.8 Å². The first kappa shape index (κ1) is 13.0. The Kier molecular flexibility index (Phi) is 3.68. The molecule has 4 nitrogen and oxygen atoms in total. The summed E-state index contributed by atoms with van der Waals surface area (Å²) >= 11 is 3.25. The van der Waals surface area contributed by atoms with E-state index in [0.717, 1.165) is 5.56 Å². The van der Waals surface area contributed by atoms with Gasteiger partial charge in [0.25, 0.3) is 10.0 Å². The molecule has 2 rings (SSSR count). The van der Waals surface area contributed by atoms with Gasteiger partial charge in [0.15, 0.2) is 0 Å². The second kappa shape index (κ2) is 5.07. The third-order valence-corrected chi connectivity index (χ3v) is 4.11. The van der Waals surface area contributed by atoms with Crippen molar-refractivity contribution in [3.8, 4) is 0 Å². The van der Waals surface area contributed by atoms with Gasteiger partial charge in [-0.05, 0) is 36.8 Å². The first-order chi connectivity index (χ1) is 8.47. The summed E-state index contributed by atoms with van der Waals surface area (Å²) in [6, 6.07) is 8.25. The van der Waals surface area contributed by atoms with Crippen LogP contribution in [0, 0.1) is 6.92 Å². The number of sulfonamides is 1. The Morgan fingerprint density at radius 1 is 1.22 bits per heavy atom. The SMILES string of the molecule is Cc1cncc(NS(=O)(=O)c2cccc(Br)c2)c1. The first-order valence-corrected chi connectivity index (χ1v) is 7.45. The molecule has 0 unspecified atom stereocenters. The van der Waals surface area contributed by atoms with E-state index in [1.54, 1.807) is 30.5 Å². The van der Waals surface area contributed by atoms with Crippen molar-refractivity contribution in [2.75, 3.05) is 4.72 Å². The molecule has 1 N–H and O–H groups in total. The second-order valence-corrected chi connectivity index (χ2v) is 6.41. The van der Waals surface area contributed by atoms with Crippen molar-refractivity contribution in [1.82, 2.24) is 4.98 Å². The van der Waals surface area contributed by atoms with E-state index in [-0.39, 0.29) is 4.90 Å². The highest BCUT2D eigenvalue weighted by molar-refractivity contribution is 9.10. The fourth-order valence-electron chi connectivity index (χ4n) is 1.46. The van der Waals surface area contributed by atoms with E-state index in [9.17, 15) is 8.42 Å². The number of pyridine rings is 1. The molecule has 0 saturated carbocycles. The lowest BCUT2D eigenvalue weighted by atomic mass is 10.3. The third kappa shape index (κ3) is 3.08. The Morgan fingerprint density at radius 2 is 2.00 bits per heavy atom. The van der Waals surface area contributed by atoms with E-state index in [1.165, 1.54) is 12.3 Å². The van der Waals surface area contributed by atoms with Gasteiger partial charge in [-0.2, -0.15) is 0 Å². The smallest absolute Gasteiger partial charge is 0.261 e. The fraction of sp³-hybridized carbons (Fsp3) is 0.0833. The quantitative estimate of drug-likeness (QED) is 0.943. The van der Waals surface area contributed by atoms with Gasteiger partial charge in [-0.25, -0.2) is 8.42 Å². The van der Waals surface area contributed by atoms with Gasteiger partial charge in [0, 0.05) is 10.7 Å². The molecule has 1 aromatic carbocycles. The number of rotatable bonds is 3. The lowest BCUT2D eigenvalue weighted by Crippen LogP contribution is -2.13. The minimum Gasteiger partial charge on any atom is -0.278 e. The van der Waals surface area contributed by atoms with Gasteiger partial charge in [0.1, 0.15) is 0 Å². The number of hydrogen-bond acceptors (Lipinski definition) is 3. The van der Waals surface area contributed by atoms with Gasteiger partial charge in [-0.3, -0.25) is 9.71 Å². The average Bonchev–Trinajstić information content (AvgIpc) is 2.28. The van der Waals surface area contributed by atoms with E-state index in [2.05, 4.69) is 25.6 Å². The number of aromatic nitrogens is 1. The molecule has 0 spiro atoms. The number of hydrogen-bond donors (Lipinski definition) is 1. The molecule has 0 amide bonds. The summed E-state index contributed by atoms with van der Waals surface area (Å²) in [5.41, 5.74) is 1.35. The average molecular weight is 327 g/mol. The van der Waals surface area contributed by atoms with Crippen molar-refractivity contribution in [2.24, 2.45) is 0 Å². The van der Waals surface area contributed by atoms with Crippen LogP contribution in [0.5, 0.6) is 0 Å². The second-order valence-electron chi connectivity index (χ2n) is 3.81. The van der Waals surface area contributed by atoms with E-state index in [4.69, 9.17) is 0 Å². The summed E-state index contributed by atoms with van der Waals surface area (Å²) in [4.78, 5) is 4.15. The topological polar surface area (TPSA) is 59.1 Å². The third-order valence-electron chi connectivity index (χ3n) is 2.23. The van der Waals surface area contributed by atoms with Crippen molar-refractivity contribution < 1.29 is 8.42 Å². The Bertz CT molecular complexity index is 671. The first-order valence-electron chi connectivity index (χ1n) is 5.17. The van der Waals surface area contributed by atoms with E-state index >= 15 is 0 Å². The number of halogens is 1. The Morgan fingerprint density at radius 3 is 2.67 bits per heavy atom. The molecular formula is C12H11BrN2O2S. The van der Waals surface area contributed by atoms with Crippen LogP contribution in [0.15, 0.2) is 52.1 Å². The highest BCUT2D eigenvalue weighted by atomic mass is 79.9. The summed E-state index contributed by atoms with van der Waals surface area (Å²) in [5.74, 6) is 0. The molecule has 94 valence electrons. The normalized spacial score (nSPS) is 11.2. The predicted molar refractivity (Wildman–Crippen MR) is 73.9 cm³/mol. The highest BCUT2D eigenvalue weighted by Crippen LogP contribution is 2.19. The molecule has 18 heavy (non-hydrogen) atoms. The van der Waals surface area contributed by atoms with Crippen LogP contribution in [0.2, 0.25) is 0 Å². The van der Waals surface area contributed by atoms with Crippen LogP contribution in [0.3, 0.4) is 0 Å². The van der Waals surface area contributed by atoms with Crippen LogP contribution < -0.4 is 4.72 Å². The maximum Gasteiger partial charge on any atom is 0.261 e. The molecule has 0 fully saturated rings. The van der Waals surface area contributed by atoms with Gasteiger partial charge < -0.3 is 0 Å². The van der Waals surface area contributed by atoms with Crippen molar-refractivity contribution in [2.45, 2.75) is 11.8 Å². The minimum absolute atomic E-state index is 0.207. The Labute approximate surface area is 114 Å². The van der Waals surface area contributed by atoms with Gasteiger partial charge in [0.05, 0.1) is 16.8 Å². The molecule has 0 bridgehead atoms. The highest BCUT2D eigenvalue weighted by Gasteiger charge is 2.14. The van der Waals surface area contributed by atoms with Crippen LogP contribution in [0.4, 0.5) is 5.69 Å². The zero-order valence-electron chi connectivity index (χ0n) is 9.59. The van der Waals surface area contributed by atoms with Crippen LogP contribution in [-0.2, 0) is 10.0 Å². The molecule has 0 atom stereocenters. The molecule has 6 heteroatoms. The summed E-state index contributed by atoms with van der Waals surface area (Å²) < 4.78 is 27.4. The number of nitrogens with zero attached hydrogens (tertiary/aromatic N) is 1. The van der Waals surface area contributed by atoms with Crippen molar-refractivity contribution in [1.29, 1.82) is 0 Å². The molecular weight excluding hydrogens is 316 g/mol. The minimum atomic E-state index is -3.57. The molecule has 2 aromatic rings. The fourth-order valence-corrected chi connectivity index (χ4v) is 3.09. The number of aryl methyl sites for hydroxylation is 1. The van der Waals surface area contributed by atoms with Crippen molar-refractivity contribution in [3.63, 3.8) is 0 Å². The van der Waals surface area contributed by atoms with Crippen LogP contribution in [0.1, 0.15) is 5.56 Å². The standard InChI is InChI=1S/C12H11BrN2O2S/c1-9-5-11(8-14-7-9)15-18(16,17)12-4-2-3-10(13)6-12/h2-8,15H,1H3. The van der Waals surface area contributed by atoms with Crippen molar-refractivity contribution >= 4 is 31.6 Å². The Balaban J connectivity index is 2.33. The molecule has 0 radical (unpaired) electrons. The van der Waals surface area contributed by atoms with Crippen LogP contribution in [0.25, 0.3) is 0 Å². The van der Waals surface area contributed by atoms with Crippen LogP contribution >= 0.6 is 15.9 Å². The zero-order chi connectivity index (χ0) is 13.2. The molecule has 0 aliphatic carbocycles. The molecule has 1 aromatic heterocycles. The molecule has 1 heterocycles. The van der Waals surface area contributed by atoms with E-state index in [1.807, 2.05) is 6.92 Å². The summed E-state index contributed by atoms with van der Waals surface area (Å²) in [6.45, 7) is 1.85. The monoisotopic (exact) mass is 326 g/mol. The largest absolute Gasteiger partial charge is 0.278 e.